The second-order valence-corrected chi connectivity index (χ2v) is 7.32. The molecule has 0 atom stereocenters. The molecule has 0 unspecified atom stereocenters. The van der Waals surface area contributed by atoms with E-state index in [0.717, 1.165) is 36.8 Å². The van der Waals surface area contributed by atoms with Crippen molar-refractivity contribution in [3.63, 3.8) is 0 Å². The maximum Gasteiger partial charge on any atom is 0.407 e. The van der Waals surface area contributed by atoms with Gasteiger partial charge in [-0.2, -0.15) is 0 Å². The molecule has 1 aromatic carbocycles. The van der Waals surface area contributed by atoms with E-state index in [0.29, 0.717) is 0 Å². The predicted octanol–water partition coefficient (Wildman–Crippen LogP) is 4.12. The standard InChI is InChI=1S/C20H27NO4/c1-20(2,3)25-18(22)13-15-9-11-17(12-10-15)21-19(23)24-14-16-7-5-4-6-8-16/h4-8,13,17H,9-12,14H2,1-3H3,(H,21,23). The third-order valence-corrected chi connectivity index (χ3v) is 3.89. The number of benzene rings is 1. The highest BCUT2D eigenvalue weighted by atomic mass is 16.6. The average Bonchev–Trinajstić information content (AvgIpc) is 2.54. The van der Waals surface area contributed by atoms with Gasteiger partial charge in [0.25, 0.3) is 0 Å². The number of carbonyl (C=O) groups excluding carboxylic acids is 2. The fourth-order valence-electron chi connectivity index (χ4n) is 2.71. The molecule has 1 aromatic rings. The number of carbonyl (C=O) groups is 2. The quantitative estimate of drug-likeness (QED) is 0.658. The Morgan fingerprint density at radius 1 is 1.16 bits per heavy atom. The van der Waals surface area contributed by atoms with Gasteiger partial charge in [0.1, 0.15) is 12.2 Å². The van der Waals surface area contributed by atoms with E-state index in [-0.39, 0.29) is 18.6 Å². The van der Waals surface area contributed by atoms with Crippen LogP contribution in [0.2, 0.25) is 0 Å². The van der Waals surface area contributed by atoms with Crippen molar-refractivity contribution >= 4 is 12.1 Å². The van der Waals surface area contributed by atoms with Crippen LogP contribution in [0.5, 0.6) is 0 Å². The number of allylic oxidation sites excluding steroid dienone is 1. The molecule has 5 heteroatoms. The van der Waals surface area contributed by atoms with Crippen molar-refractivity contribution in [2.75, 3.05) is 0 Å². The van der Waals surface area contributed by atoms with Gasteiger partial charge in [-0.25, -0.2) is 9.59 Å². The zero-order valence-electron chi connectivity index (χ0n) is 15.2. The van der Waals surface area contributed by atoms with Crippen molar-refractivity contribution in [1.29, 1.82) is 0 Å². The van der Waals surface area contributed by atoms with Crippen LogP contribution in [0.4, 0.5) is 4.79 Å². The number of hydrogen-bond acceptors (Lipinski definition) is 4. The van der Waals surface area contributed by atoms with Crippen LogP contribution in [0, 0.1) is 0 Å². The number of ether oxygens (including phenoxy) is 2. The minimum absolute atomic E-state index is 0.0825. The minimum atomic E-state index is -0.477. The summed E-state index contributed by atoms with van der Waals surface area (Å²) in [5.74, 6) is -0.295. The fraction of sp³-hybridized carbons (Fsp3) is 0.500. The van der Waals surface area contributed by atoms with E-state index in [1.807, 2.05) is 51.1 Å². The molecule has 5 nitrogen and oxygen atoms in total. The van der Waals surface area contributed by atoms with Crippen molar-refractivity contribution in [3.8, 4) is 0 Å². The summed E-state index contributed by atoms with van der Waals surface area (Å²) in [7, 11) is 0. The second-order valence-electron chi connectivity index (χ2n) is 7.32. The first-order valence-electron chi connectivity index (χ1n) is 8.71. The van der Waals surface area contributed by atoms with Crippen molar-refractivity contribution < 1.29 is 19.1 Å². The zero-order chi connectivity index (χ0) is 18.3. The van der Waals surface area contributed by atoms with E-state index in [2.05, 4.69) is 5.32 Å². The number of hydrogen-bond donors (Lipinski definition) is 1. The monoisotopic (exact) mass is 345 g/mol. The van der Waals surface area contributed by atoms with Crippen LogP contribution in [0.15, 0.2) is 42.0 Å². The lowest BCUT2D eigenvalue weighted by Gasteiger charge is -2.25. The number of rotatable bonds is 4. The summed E-state index contributed by atoms with van der Waals surface area (Å²) in [4.78, 5) is 23.7. The summed E-state index contributed by atoms with van der Waals surface area (Å²) in [5.41, 5.74) is 1.56. The maximum atomic E-state index is 11.9. The van der Waals surface area contributed by atoms with Crippen LogP contribution in [-0.4, -0.2) is 23.7 Å². The highest BCUT2D eigenvalue weighted by Gasteiger charge is 2.21. The Balaban J connectivity index is 1.71. The molecular weight excluding hydrogens is 318 g/mol. The van der Waals surface area contributed by atoms with E-state index < -0.39 is 11.7 Å². The topological polar surface area (TPSA) is 64.6 Å². The van der Waals surface area contributed by atoms with Gasteiger partial charge in [0, 0.05) is 12.1 Å². The molecule has 0 spiro atoms. The van der Waals surface area contributed by atoms with E-state index in [1.165, 1.54) is 0 Å². The van der Waals surface area contributed by atoms with Crippen molar-refractivity contribution in [1.82, 2.24) is 5.32 Å². The molecule has 0 bridgehead atoms. The third kappa shape index (κ3) is 7.42. The van der Waals surface area contributed by atoms with Gasteiger partial charge in [-0.1, -0.05) is 35.9 Å². The molecule has 1 aliphatic carbocycles. The number of amides is 1. The van der Waals surface area contributed by atoms with Gasteiger partial charge in [0.05, 0.1) is 0 Å². The van der Waals surface area contributed by atoms with Gasteiger partial charge in [-0.05, 0) is 52.0 Å². The van der Waals surface area contributed by atoms with Crippen LogP contribution in [0.25, 0.3) is 0 Å². The van der Waals surface area contributed by atoms with E-state index >= 15 is 0 Å². The summed E-state index contributed by atoms with van der Waals surface area (Å²) >= 11 is 0. The van der Waals surface area contributed by atoms with Gasteiger partial charge in [0.2, 0.25) is 0 Å². The Morgan fingerprint density at radius 3 is 2.40 bits per heavy atom. The highest BCUT2D eigenvalue weighted by Crippen LogP contribution is 2.24. The lowest BCUT2D eigenvalue weighted by Crippen LogP contribution is -2.36. The van der Waals surface area contributed by atoms with Gasteiger partial charge in [0.15, 0.2) is 0 Å². The lowest BCUT2D eigenvalue weighted by atomic mass is 9.90. The van der Waals surface area contributed by atoms with Gasteiger partial charge in [-0.3, -0.25) is 0 Å². The van der Waals surface area contributed by atoms with E-state index in [1.54, 1.807) is 6.08 Å². The predicted molar refractivity (Wildman–Crippen MR) is 95.9 cm³/mol. The summed E-state index contributed by atoms with van der Waals surface area (Å²) in [5, 5.41) is 2.90. The Bertz CT molecular complexity index is 606. The number of esters is 1. The zero-order valence-corrected chi connectivity index (χ0v) is 15.2. The Morgan fingerprint density at radius 2 is 1.80 bits per heavy atom. The molecular formula is C20H27NO4. The Kier molecular flexibility index (Phi) is 6.62. The molecule has 0 heterocycles. The average molecular weight is 345 g/mol. The molecule has 0 aliphatic heterocycles. The summed E-state index contributed by atoms with van der Waals surface area (Å²) in [6, 6.07) is 9.67. The summed E-state index contributed by atoms with van der Waals surface area (Å²) in [6.45, 7) is 5.82. The first kappa shape index (κ1) is 19.0. The maximum absolute atomic E-state index is 11.9. The van der Waals surface area contributed by atoms with Crippen LogP contribution in [-0.2, 0) is 20.9 Å². The lowest BCUT2D eigenvalue weighted by molar-refractivity contribution is -0.148. The van der Waals surface area contributed by atoms with Crippen molar-refractivity contribution in [2.24, 2.45) is 0 Å². The van der Waals surface area contributed by atoms with Crippen molar-refractivity contribution in [2.45, 2.75) is 64.7 Å². The second kappa shape index (κ2) is 8.70. The number of nitrogens with one attached hydrogen (secondary N) is 1. The molecule has 1 N–H and O–H groups in total. The molecule has 1 aliphatic rings. The molecule has 1 fully saturated rings. The minimum Gasteiger partial charge on any atom is -0.457 e. The highest BCUT2D eigenvalue weighted by molar-refractivity contribution is 5.83. The molecule has 136 valence electrons. The van der Waals surface area contributed by atoms with E-state index in [9.17, 15) is 9.59 Å². The molecule has 1 saturated carbocycles. The largest absolute Gasteiger partial charge is 0.457 e. The van der Waals surface area contributed by atoms with Crippen molar-refractivity contribution in [3.05, 3.63) is 47.5 Å². The van der Waals surface area contributed by atoms with Gasteiger partial charge < -0.3 is 14.8 Å². The van der Waals surface area contributed by atoms with Gasteiger partial charge >= 0.3 is 12.1 Å². The normalized spacial score (nSPS) is 17.6. The Labute approximate surface area is 149 Å². The van der Waals surface area contributed by atoms with E-state index in [4.69, 9.17) is 9.47 Å². The molecule has 2 rings (SSSR count). The smallest absolute Gasteiger partial charge is 0.407 e. The molecule has 0 radical (unpaired) electrons. The molecule has 0 saturated heterocycles. The Hall–Kier alpha value is -2.30. The first-order chi connectivity index (χ1) is 11.8. The fourth-order valence-corrected chi connectivity index (χ4v) is 2.71. The van der Waals surface area contributed by atoms with Crippen LogP contribution in [0.3, 0.4) is 0 Å². The summed E-state index contributed by atoms with van der Waals surface area (Å²) in [6.07, 6.45) is 4.36. The SMILES string of the molecule is CC(C)(C)OC(=O)C=C1CCC(NC(=O)OCc2ccccc2)CC1. The molecule has 25 heavy (non-hydrogen) atoms. The van der Waals surface area contributed by atoms with Crippen LogP contribution < -0.4 is 5.32 Å². The van der Waals surface area contributed by atoms with Crippen LogP contribution in [0.1, 0.15) is 52.0 Å². The van der Waals surface area contributed by atoms with Gasteiger partial charge in [-0.15, -0.1) is 0 Å². The molecule has 1 amide bonds. The van der Waals surface area contributed by atoms with Crippen LogP contribution >= 0.6 is 0 Å². The molecule has 0 aromatic heterocycles. The summed E-state index contributed by atoms with van der Waals surface area (Å²) < 4.78 is 10.5. The first-order valence-corrected chi connectivity index (χ1v) is 8.71. The number of alkyl carbamates (subject to hydrolysis) is 1. The third-order valence-electron chi connectivity index (χ3n) is 3.89.